The van der Waals surface area contributed by atoms with Crippen LogP contribution in [0.5, 0.6) is 11.5 Å². The van der Waals surface area contributed by atoms with Crippen LogP contribution < -0.4 is 20.1 Å². The van der Waals surface area contributed by atoms with E-state index >= 15 is 0 Å². The van der Waals surface area contributed by atoms with Gasteiger partial charge in [0.2, 0.25) is 6.79 Å². The number of piperidine rings is 1. The normalized spacial score (nSPS) is 21.6. The highest BCUT2D eigenvalue weighted by atomic mass is 16.7. The summed E-state index contributed by atoms with van der Waals surface area (Å²) in [6.45, 7) is 6.78. The fraction of sp³-hybridized carbons (Fsp3) is 0.600. The Morgan fingerprint density at radius 3 is 2.95 bits per heavy atom. The van der Waals surface area contributed by atoms with E-state index in [2.05, 4.69) is 29.7 Å². The molecule has 4 nitrogen and oxygen atoms in total. The van der Waals surface area contributed by atoms with Crippen LogP contribution in [0.2, 0.25) is 0 Å². The van der Waals surface area contributed by atoms with E-state index in [0.717, 1.165) is 37.1 Å². The van der Waals surface area contributed by atoms with Crippen molar-refractivity contribution in [2.75, 3.05) is 26.4 Å². The van der Waals surface area contributed by atoms with Crippen LogP contribution in [0, 0.1) is 12.8 Å². The van der Waals surface area contributed by atoms with Crippen LogP contribution in [0.25, 0.3) is 0 Å². The van der Waals surface area contributed by atoms with Crippen LogP contribution in [0.15, 0.2) is 12.1 Å². The average Bonchev–Trinajstić information content (AvgIpc) is 2.87. The minimum absolute atomic E-state index is 0.347. The maximum Gasteiger partial charge on any atom is 0.231 e. The van der Waals surface area contributed by atoms with E-state index in [9.17, 15) is 0 Å². The molecule has 2 aliphatic rings. The van der Waals surface area contributed by atoms with E-state index in [1.54, 1.807) is 0 Å². The molecule has 0 aromatic heterocycles. The first-order valence-corrected chi connectivity index (χ1v) is 7.13. The lowest BCUT2D eigenvalue weighted by atomic mass is 9.99. The van der Waals surface area contributed by atoms with Crippen LogP contribution in [-0.2, 0) is 6.54 Å². The van der Waals surface area contributed by atoms with Gasteiger partial charge in [0.15, 0.2) is 11.5 Å². The predicted octanol–water partition coefficient (Wildman–Crippen LogP) is 1.81. The summed E-state index contributed by atoms with van der Waals surface area (Å²) >= 11 is 0. The number of benzene rings is 1. The SMILES string of the molecule is Cc1cc2c(cc1CNCC1CCCNC1)OCO2. The van der Waals surface area contributed by atoms with E-state index in [1.165, 1.54) is 30.5 Å². The molecule has 2 N–H and O–H groups in total. The first kappa shape index (κ1) is 12.8. The summed E-state index contributed by atoms with van der Waals surface area (Å²) in [4.78, 5) is 0. The van der Waals surface area contributed by atoms with Gasteiger partial charge in [-0.15, -0.1) is 0 Å². The molecule has 1 unspecified atom stereocenters. The molecular formula is C15H22N2O2. The Balaban J connectivity index is 1.54. The van der Waals surface area contributed by atoms with E-state index < -0.39 is 0 Å². The van der Waals surface area contributed by atoms with Gasteiger partial charge in [-0.3, -0.25) is 0 Å². The van der Waals surface area contributed by atoms with Crippen molar-refractivity contribution >= 4 is 0 Å². The molecule has 19 heavy (non-hydrogen) atoms. The molecule has 2 aliphatic heterocycles. The van der Waals surface area contributed by atoms with E-state index in [1.807, 2.05) is 0 Å². The van der Waals surface area contributed by atoms with Gasteiger partial charge in [0.05, 0.1) is 0 Å². The topological polar surface area (TPSA) is 42.5 Å². The molecule has 1 saturated heterocycles. The van der Waals surface area contributed by atoms with E-state index in [-0.39, 0.29) is 0 Å². The Labute approximate surface area is 114 Å². The minimum atomic E-state index is 0.347. The third-order valence-electron chi connectivity index (χ3n) is 3.98. The summed E-state index contributed by atoms with van der Waals surface area (Å²) in [7, 11) is 0. The number of nitrogens with one attached hydrogen (secondary N) is 2. The third kappa shape index (κ3) is 3.01. The lowest BCUT2D eigenvalue weighted by Crippen LogP contribution is -2.35. The molecule has 1 atom stereocenters. The largest absolute Gasteiger partial charge is 0.454 e. The Bertz CT molecular complexity index is 442. The first-order valence-electron chi connectivity index (χ1n) is 7.13. The zero-order chi connectivity index (χ0) is 13.1. The summed E-state index contributed by atoms with van der Waals surface area (Å²) in [5.74, 6) is 2.52. The van der Waals surface area contributed by atoms with Gasteiger partial charge in [0.25, 0.3) is 0 Å². The molecule has 2 heterocycles. The molecule has 0 aliphatic carbocycles. The number of rotatable bonds is 4. The van der Waals surface area contributed by atoms with Crippen molar-refractivity contribution in [3.63, 3.8) is 0 Å². The molecule has 0 radical (unpaired) electrons. The molecule has 4 heteroatoms. The van der Waals surface area contributed by atoms with Crippen LogP contribution in [0.3, 0.4) is 0 Å². The van der Waals surface area contributed by atoms with Crippen LogP contribution >= 0.6 is 0 Å². The second-order valence-corrected chi connectivity index (χ2v) is 5.48. The van der Waals surface area contributed by atoms with Crippen molar-refractivity contribution in [3.8, 4) is 11.5 Å². The van der Waals surface area contributed by atoms with Gasteiger partial charge in [0.1, 0.15) is 0 Å². The van der Waals surface area contributed by atoms with Crippen molar-refractivity contribution < 1.29 is 9.47 Å². The second-order valence-electron chi connectivity index (χ2n) is 5.48. The van der Waals surface area contributed by atoms with Gasteiger partial charge in [-0.2, -0.15) is 0 Å². The molecule has 3 rings (SSSR count). The number of fused-ring (bicyclic) bond motifs is 1. The fourth-order valence-corrected chi connectivity index (χ4v) is 2.79. The van der Waals surface area contributed by atoms with Crippen molar-refractivity contribution in [1.82, 2.24) is 10.6 Å². The number of hydrogen-bond acceptors (Lipinski definition) is 4. The monoisotopic (exact) mass is 262 g/mol. The van der Waals surface area contributed by atoms with Gasteiger partial charge in [0, 0.05) is 6.54 Å². The number of ether oxygens (including phenoxy) is 2. The second kappa shape index (κ2) is 5.80. The summed E-state index contributed by atoms with van der Waals surface area (Å²) in [5.41, 5.74) is 2.56. The zero-order valence-corrected chi connectivity index (χ0v) is 11.5. The number of aryl methyl sites for hydroxylation is 1. The zero-order valence-electron chi connectivity index (χ0n) is 11.5. The molecule has 0 amide bonds. The van der Waals surface area contributed by atoms with Crippen molar-refractivity contribution in [1.29, 1.82) is 0 Å². The molecule has 104 valence electrons. The van der Waals surface area contributed by atoms with Crippen molar-refractivity contribution in [2.45, 2.75) is 26.3 Å². The Morgan fingerprint density at radius 2 is 2.16 bits per heavy atom. The Kier molecular flexibility index (Phi) is 3.89. The highest BCUT2D eigenvalue weighted by molar-refractivity contribution is 5.48. The summed E-state index contributed by atoms with van der Waals surface area (Å²) < 4.78 is 10.8. The third-order valence-corrected chi connectivity index (χ3v) is 3.98. The van der Waals surface area contributed by atoms with Gasteiger partial charge < -0.3 is 20.1 Å². The van der Waals surface area contributed by atoms with E-state index in [0.29, 0.717) is 6.79 Å². The van der Waals surface area contributed by atoms with Gasteiger partial charge in [-0.05, 0) is 68.6 Å². The lowest BCUT2D eigenvalue weighted by molar-refractivity contribution is 0.174. The smallest absolute Gasteiger partial charge is 0.231 e. The van der Waals surface area contributed by atoms with Gasteiger partial charge in [-0.1, -0.05) is 0 Å². The van der Waals surface area contributed by atoms with E-state index in [4.69, 9.17) is 9.47 Å². The van der Waals surface area contributed by atoms with Gasteiger partial charge >= 0.3 is 0 Å². The molecule has 0 spiro atoms. The summed E-state index contributed by atoms with van der Waals surface area (Å²) in [6.07, 6.45) is 2.63. The average molecular weight is 262 g/mol. The molecule has 0 saturated carbocycles. The van der Waals surface area contributed by atoms with Crippen LogP contribution in [-0.4, -0.2) is 26.4 Å². The van der Waals surface area contributed by atoms with Crippen LogP contribution in [0.1, 0.15) is 24.0 Å². The fourth-order valence-electron chi connectivity index (χ4n) is 2.79. The Hall–Kier alpha value is -1.26. The summed E-state index contributed by atoms with van der Waals surface area (Å²) in [6, 6.07) is 4.17. The molecule has 1 aromatic rings. The highest BCUT2D eigenvalue weighted by Crippen LogP contribution is 2.34. The molecule has 0 bridgehead atoms. The summed E-state index contributed by atoms with van der Waals surface area (Å²) in [5, 5.41) is 7.02. The lowest BCUT2D eigenvalue weighted by Gasteiger charge is -2.23. The Morgan fingerprint density at radius 1 is 1.32 bits per heavy atom. The predicted molar refractivity (Wildman–Crippen MR) is 74.6 cm³/mol. The maximum absolute atomic E-state index is 5.43. The quantitative estimate of drug-likeness (QED) is 0.868. The molecule has 1 aromatic carbocycles. The maximum atomic E-state index is 5.43. The first-order chi connectivity index (χ1) is 9.33. The van der Waals surface area contributed by atoms with Gasteiger partial charge in [-0.25, -0.2) is 0 Å². The van der Waals surface area contributed by atoms with Crippen LogP contribution in [0.4, 0.5) is 0 Å². The highest BCUT2D eigenvalue weighted by Gasteiger charge is 2.16. The standard InChI is InChI=1S/C15H22N2O2/c1-11-5-14-15(19-10-18-14)6-13(11)9-17-8-12-3-2-4-16-7-12/h5-6,12,16-17H,2-4,7-10H2,1H3. The van der Waals surface area contributed by atoms with Crippen molar-refractivity contribution in [2.24, 2.45) is 5.92 Å². The number of hydrogen-bond donors (Lipinski definition) is 2. The minimum Gasteiger partial charge on any atom is -0.454 e. The van der Waals surface area contributed by atoms with Crippen molar-refractivity contribution in [3.05, 3.63) is 23.3 Å². The molecular weight excluding hydrogens is 240 g/mol. The molecule has 1 fully saturated rings.